The fourth-order valence-corrected chi connectivity index (χ4v) is 2.61. The van der Waals surface area contributed by atoms with Crippen LogP contribution in [0.2, 0.25) is 0 Å². The summed E-state index contributed by atoms with van der Waals surface area (Å²) in [5.74, 6) is 0.978. The van der Waals surface area contributed by atoms with Crippen molar-refractivity contribution < 1.29 is 0 Å². The summed E-state index contributed by atoms with van der Waals surface area (Å²) in [6, 6.07) is 0.766. The number of likely N-dealkylation sites (N-methyl/N-ethyl adjacent to an activating group) is 1. The lowest BCUT2D eigenvalue weighted by atomic mass is 10.0. The van der Waals surface area contributed by atoms with Gasteiger partial charge in [0.25, 0.3) is 0 Å². The lowest BCUT2D eigenvalue weighted by Gasteiger charge is -2.26. The van der Waals surface area contributed by atoms with Gasteiger partial charge in [-0.3, -0.25) is 4.90 Å². The zero-order valence-corrected chi connectivity index (χ0v) is 10.1. The summed E-state index contributed by atoms with van der Waals surface area (Å²) in [6.45, 7) is 8.41. The average molecular weight is 198 g/mol. The highest BCUT2D eigenvalue weighted by molar-refractivity contribution is 4.81. The standard InChI is InChI=1S/C12H26N2/c1-4-6-11-7-8-14(10-11)12(5-2)9-13-3/h11-13H,4-10H2,1-3H3. The van der Waals surface area contributed by atoms with Gasteiger partial charge in [0.1, 0.15) is 0 Å². The molecule has 0 saturated carbocycles. The van der Waals surface area contributed by atoms with E-state index in [9.17, 15) is 0 Å². The van der Waals surface area contributed by atoms with Gasteiger partial charge in [-0.1, -0.05) is 20.3 Å². The third-order valence-corrected chi connectivity index (χ3v) is 3.44. The number of hydrogen-bond acceptors (Lipinski definition) is 2. The van der Waals surface area contributed by atoms with Crippen molar-refractivity contribution in [2.45, 2.75) is 45.6 Å². The van der Waals surface area contributed by atoms with Gasteiger partial charge in [0.15, 0.2) is 0 Å². The first-order chi connectivity index (χ1) is 6.81. The van der Waals surface area contributed by atoms with Gasteiger partial charge in [0.2, 0.25) is 0 Å². The minimum Gasteiger partial charge on any atom is -0.318 e. The Balaban J connectivity index is 2.31. The van der Waals surface area contributed by atoms with E-state index in [1.807, 2.05) is 0 Å². The second kappa shape index (κ2) is 6.41. The van der Waals surface area contributed by atoms with Crippen molar-refractivity contribution in [1.82, 2.24) is 10.2 Å². The van der Waals surface area contributed by atoms with E-state index >= 15 is 0 Å². The molecule has 1 fully saturated rings. The molecule has 1 heterocycles. The molecule has 0 aromatic rings. The predicted molar refractivity (Wildman–Crippen MR) is 62.6 cm³/mol. The largest absolute Gasteiger partial charge is 0.318 e. The molecule has 0 aromatic heterocycles. The van der Waals surface area contributed by atoms with E-state index in [0.29, 0.717) is 0 Å². The Morgan fingerprint density at radius 2 is 2.21 bits per heavy atom. The molecule has 84 valence electrons. The molecule has 14 heavy (non-hydrogen) atoms. The molecule has 0 spiro atoms. The van der Waals surface area contributed by atoms with Gasteiger partial charge in [0, 0.05) is 19.1 Å². The van der Waals surface area contributed by atoms with Crippen LogP contribution in [-0.2, 0) is 0 Å². The van der Waals surface area contributed by atoms with Crippen molar-refractivity contribution >= 4 is 0 Å². The summed E-state index contributed by atoms with van der Waals surface area (Å²) < 4.78 is 0. The Morgan fingerprint density at radius 3 is 2.79 bits per heavy atom. The molecule has 2 atom stereocenters. The van der Waals surface area contributed by atoms with Crippen molar-refractivity contribution in [2.24, 2.45) is 5.92 Å². The van der Waals surface area contributed by atoms with Gasteiger partial charge >= 0.3 is 0 Å². The van der Waals surface area contributed by atoms with Crippen LogP contribution in [0.15, 0.2) is 0 Å². The molecule has 0 amide bonds. The minimum atomic E-state index is 0.766. The van der Waals surface area contributed by atoms with Gasteiger partial charge in [-0.15, -0.1) is 0 Å². The van der Waals surface area contributed by atoms with Crippen LogP contribution in [0.5, 0.6) is 0 Å². The Kier molecular flexibility index (Phi) is 5.49. The second-order valence-corrected chi connectivity index (χ2v) is 4.56. The quantitative estimate of drug-likeness (QED) is 0.703. The van der Waals surface area contributed by atoms with Crippen LogP contribution in [0.4, 0.5) is 0 Å². The van der Waals surface area contributed by atoms with Crippen LogP contribution in [0, 0.1) is 5.92 Å². The van der Waals surface area contributed by atoms with Crippen LogP contribution in [0.1, 0.15) is 39.5 Å². The average Bonchev–Trinajstić information content (AvgIpc) is 2.63. The van der Waals surface area contributed by atoms with Gasteiger partial charge in [-0.2, -0.15) is 0 Å². The predicted octanol–water partition coefficient (Wildman–Crippen LogP) is 2.11. The summed E-state index contributed by atoms with van der Waals surface area (Å²) >= 11 is 0. The molecule has 2 nitrogen and oxygen atoms in total. The molecule has 1 rings (SSSR count). The molecule has 2 unspecified atom stereocenters. The number of nitrogens with one attached hydrogen (secondary N) is 1. The summed E-state index contributed by atoms with van der Waals surface area (Å²) in [7, 11) is 2.06. The van der Waals surface area contributed by atoms with Gasteiger partial charge in [0.05, 0.1) is 0 Å². The maximum absolute atomic E-state index is 3.30. The number of rotatable bonds is 6. The summed E-state index contributed by atoms with van der Waals surface area (Å²) in [4.78, 5) is 2.68. The molecule has 2 heteroatoms. The number of hydrogen-bond donors (Lipinski definition) is 1. The van der Waals surface area contributed by atoms with E-state index in [-0.39, 0.29) is 0 Å². The highest BCUT2D eigenvalue weighted by Gasteiger charge is 2.25. The van der Waals surface area contributed by atoms with Crippen LogP contribution >= 0.6 is 0 Å². The van der Waals surface area contributed by atoms with E-state index < -0.39 is 0 Å². The smallest absolute Gasteiger partial charge is 0.0218 e. The maximum atomic E-state index is 3.30. The molecule has 1 aliphatic rings. The first-order valence-electron chi connectivity index (χ1n) is 6.20. The normalized spacial score (nSPS) is 25.5. The molecule has 0 aromatic carbocycles. The first kappa shape index (κ1) is 12.0. The van der Waals surface area contributed by atoms with Crippen LogP contribution in [0.25, 0.3) is 0 Å². The molecule has 1 saturated heterocycles. The molecule has 1 aliphatic heterocycles. The highest BCUT2D eigenvalue weighted by Crippen LogP contribution is 2.23. The lowest BCUT2D eigenvalue weighted by molar-refractivity contribution is 0.223. The summed E-state index contributed by atoms with van der Waals surface area (Å²) in [5, 5.41) is 3.30. The van der Waals surface area contributed by atoms with Crippen molar-refractivity contribution in [1.29, 1.82) is 0 Å². The van der Waals surface area contributed by atoms with Crippen molar-refractivity contribution in [3.05, 3.63) is 0 Å². The van der Waals surface area contributed by atoms with Gasteiger partial charge in [-0.05, 0) is 38.8 Å². The topological polar surface area (TPSA) is 15.3 Å². The van der Waals surface area contributed by atoms with E-state index in [4.69, 9.17) is 0 Å². The third-order valence-electron chi connectivity index (χ3n) is 3.44. The first-order valence-corrected chi connectivity index (χ1v) is 6.20. The van der Waals surface area contributed by atoms with E-state index in [0.717, 1.165) is 18.5 Å². The second-order valence-electron chi connectivity index (χ2n) is 4.56. The van der Waals surface area contributed by atoms with E-state index in [1.165, 1.54) is 38.8 Å². The van der Waals surface area contributed by atoms with Crippen LogP contribution in [0.3, 0.4) is 0 Å². The Morgan fingerprint density at radius 1 is 1.43 bits per heavy atom. The molecule has 0 radical (unpaired) electrons. The zero-order valence-electron chi connectivity index (χ0n) is 10.1. The summed E-state index contributed by atoms with van der Waals surface area (Å²) in [6.07, 6.45) is 5.47. The Hall–Kier alpha value is -0.0800. The van der Waals surface area contributed by atoms with E-state index in [1.54, 1.807) is 0 Å². The van der Waals surface area contributed by atoms with Gasteiger partial charge < -0.3 is 5.32 Å². The fraction of sp³-hybridized carbons (Fsp3) is 1.00. The maximum Gasteiger partial charge on any atom is 0.0218 e. The minimum absolute atomic E-state index is 0.766. The van der Waals surface area contributed by atoms with Crippen molar-refractivity contribution in [2.75, 3.05) is 26.7 Å². The zero-order chi connectivity index (χ0) is 10.4. The highest BCUT2D eigenvalue weighted by atomic mass is 15.2. The van der Waals surface area contributed by atoms with Crippen LogP contribution in [-0.4, -0.2) is 37.6 Å². The Bertz CT molecular complexity index is 147. The monoisotopic (exact) mass is 198 g/mol. The summed E-state index contributed by atoms with van der Waals surface area (Å²) in [5.41, 5.74) is 0. The van der Waals surface area contributed by atoms with Crippen LogP contribution < -0.4 is 5.32 Å². The fourth-order valence-electron chi connectivity index (χ4n) is 2.61. The molecule has 0 aliphatic carbocycles. The number of nitrogens with zero attached hydrogens (tertiary/aromatic N) is 1. The number of likely N-dealkylation sites (tertiary alicyclic amines) is 1. The Labute approximate surface area is 89.1 Å². The molecule has 0 bridgehead atoms. The SMILES string of the molecule is CCCC1CCN(C(CC)CNC)C1. The third kappa shape index (κ3) is 3.25. The molecule has 1 N–H and O–H groups in total. The lowest BCUT2D eigenvalue weighted by Crippen LogP contribution is -2.39. The van der Waals surface area contributed by atoms with Crippen molar-refractivity contribution in [3.8, 4) is 0 Å². The van der Waals surface area contributed by atoms with E-state index in [2.05, 4.69) is 31.1 Å². The molecular weight excluding hydrogens is 172 g/mol. The molecular formula is C12H26N2. The van der Waals surface area contributed by atoms with Crippen molar-refractivity contribution in [3.63, 3.8) is 0 Å². The van der Waals surface area contributed by atoms with Gasteiger partial charge in [-0.25, -0.2) is 0 Å².